The molecule has 0 spiro atoms. The van der Waals surface area contributed by atoms with Crippen molar-refractivity contribution in [2.75, 3.05) is 0 Å². The van der Waals surface area contributed by atoms with Gasteiger partial charge in [-0.3, -0.25) is 0 Å². The van der Waals surface area contributed by atoms with Gasteiger partial charge in [0.05, 0.1) is 0 Å². The average Bonchev–Trinajstić information content (AvgIpc) is 2.66. The van der Waals surface area contributed by atoms with Crippen LogP contribution in [0.15, 0.2) is 24.3 Å². The van der Waals surface area contributed by atoms with Gasteiger partial charge in [-0.1, -0.05) is 82.6 Å². The summed E-state index contributed by atoms with van der Waals surface area (Å²) in [6.45, 7) is 4.39. The lowest BCUT2D eigenvalue weighted by atomic mass is 9.77. The van der Waals surface area contributed by atoms with Gasteiger partial charge in [-0.2, -0.15) is 0 Å². The van der Waals surface area contributed by atoms with E-state index in [4.69, 9.17) is 0 Å². The van der Waals surface area contributed by atoms with Crippen molar-refractivity contribution >= 4 is 0 Å². The maximum absolute atomic E-state index is 2.49. The monoisotopic (exact) mass is 344 g/mol. The van der Waals surface area contributed by atoms with Gasteiger partial charge in [0, 0.05) is 0 Å². The third-order valence-corrected chi connectivity index (χ3v) is 6.95. The molecule has 0 N–H and O–H groups in total. The zero-order valence-electron chi connectivity index (χ0n) is 17.2. The molecule has 0 saturated heterocycles. The number of hydrogen-bond donors (Lipinski definition) is 0. The summed E-state index contributed by atoms with van der Waals surface area (Å²) < 4.78 is 0. The van der Waals surface area contributed by atoms with E-state index in [1.807, 2.05) is 0 Å². The SMILES string of the molecule is C/C=C/CCC1CCC(CCCCC2CCC(/C=C/CC)CC2)CC1. The molecule has 0 heterocycles. The number of unbranched alkanes of at least 4 members (excludes halogenated alkanes) is 1. The van der Waals surface area contributed by atoms with Crippen LogP contribution < -0.4 is 0 Å². The molecular weight excluding hydrogens is 300 g/mol. The molecule has 0 unspecified atom stereocenters. The van der Waals surface area contributed by atoms with Crippen molar-refractivity contribution in [2.24, 2.45) is 23.7 Å². The van der Waals surface area contributed by atoms with Gasteiger partial charge in [-0.05, 0) is 75.5 Å². The molecule has 25 heavy (non-hydrogen) atoms. The molecule has 0 nitrogen and oxygen atoms in total. The first-order valence-corrected chi connectivity index (χ1v) is 11.6. The highest BCUT2D eigenvalue weighted by molar-refractivity contribution is 4.90. The zero-order chi connectivity index (χ0) is 17.7. The molecule has 0 bridgehead atoms. The normalized spacial score (nSPS) is 31.1. The molecule has 2 rings (SSSR count). The molecule has 0 radical (unpaired) electrons. The minimum absolute atomic E-state index is 0.902. The Morgan fingerprint density at radius 3 is 1.72 bits per heavy atom. The Balaban J connectivity index is 1.47. The fraction of sp³-hybridized carbons (Fsp3) is 0.840. The van der Waals surface area contributed by atoms with E-state index in [2.05, 4.69) is 38.2 Å². The van der Waals surface area contributed by atoms with Crippen LogP contribution in [0.3, 0.4) is 0 Å². The van der Waals surface area contributed by atoms with E-state index in [9.17, 15) is 0 Å². The molecule has 144 valence electrons. The minimum atomic E-state index is 0.902. The number of rotatable bonds is 10. The van der Waals surface area contributed by atoms with Gasteiger partial charge in [0.15, 0.2) is 0 Å². The van der Waals surface area contributed by atoms with Gasteiger partial charge in [0.2, 0.25) is 0 Å². The molecule has 2 aliphatic carbocycles. The quantitative estimate of drug-likeness (QED) is 0.275. The van der Waals surface area contributed by atoms with Gasteiger partial charge in [-0.15, -0.1) is 0 Å². The van der Waals surface area contributed by atoms with E-state index >= 15 is 0 Å². The molecular formula is C25H44. The van der Waals surface area contributed by atoms with Crippen molar-refractivity contribution < 1.29 is 0 Å². The largest absolute Gasteiger partial charge is 0.0917 e. The van der Waals surface area contributed by atoms with Crippen molar-refractivity contribution in [3.63, 3.8) is 0 Å². The summed E-state index contributed by atoms with van der Waals surface area (Å²) in [7, 11) is 0. The smallest absolute Gasteiger partial charge is 0.0233 e. The molecule has 0 aromatic heterocycles. The molecule has 0 aromatic rings. The molecule has 2 fully saturated rings. The first kappa shape index (κ1) is 20.8. The molecule has 0 aromatic carbocycles. The first-order valence-electron chi connectivity index (χ1n) is 11.6. The van der Waals surface area contributed by atoms with Crippen LogP contribution in [0.4, 0.5) is 0 Å². The fourth-order valence-electron chi connectivity index (χ4n) is 5.17. The van der Waals surface area contributed by atoms with Gasteiger partial charge in [-0.25, -0.2) is 0 Å². The van der Waals surface area contributed by atoms with Crippen molar-refractivity contribution in [3.8, 4) is 0 Å². The standard InChI is InChI=1S/C25H44/c1-3-5-7-11-23-18-20-25(21-19-23)13-9-8-12-24-16-14-22(15-17-24)10-6-4-2/h3,5-6,10,22-25H,4,7-9,11-21H2,1-2H3/b5-3+,10-6+. The molecule has 0 aliphatic heterocycles. The van der Waals surface area contributed by atoms with Crippen LogP contribution in [-0.2, 0) is 0 Å². The maximum atomic E-state index is 2.49. The summed E-state index contributed by atoms with van der Waals surface area (Å²) in [6, 6.07) is 0. The summed E-state index contributed by atoms with van der Waals surface area (Å²) in [5, 5.41) is 0. The van der Waals surface area contributed by atoms with Gasteiger partial charge >= 0.3 is 0 Å². The Bertz CT molecular complexity index is 361. The summed E-state index contributed by atoms with van der Waals surface area (Å²) in [6.07, 6.45) is 31.4. The van der Waals surface area contributed by atoms with Crippen LogP contribution in [0.25, 0.3) is 0 Å². The van der Waals surface area contributed by atoms with Crippen molar-refractivity contribution in [1.29, 1.82) is 0 Å². The Morgan fingerprint density at radius 2 is 1.20 bits per heavy atom. The van der Waals surface area contributed by atoms with Crippen molar-refractivity contribution in [3.05, 3.63) is 24.3 Å². The van der Waals surface area contributed by atoms with Crippen LogP contribution in [0.2, 0.25) is 0 Å². The molecule has 2 saturated carbocycles. The maximum Gasteiger partial charge on any atom is -0.0233 e. The van der Waals surface area contributed by atoms with Crippen molar-refractivity contribution in [2.45, 2.75) is 110 Å². The zero-order valence-corrected chi connectivity index (χ0v) is 17.2. The average molecular weight is 345 g/mol. The minimum Gasteiger partial charge on any atom is -0.0917 e. The molecule has 0 heteroatoms. The Labute approximate surface area is 158 Å². The van der Waals surface area contributed by atoms with E-state index < -0.39 is 0 Å². The Hall–Kier alpha value is -0.520. The predicted molar refractivity (Wildman–Crippen MR) is 113 cm³/mol. The van der Waals surface area contributed by atoms with Crippen LogP contribution in [0, 0.1) is 23.7 Å². The van der Waals surface area contributed by atoms with E-state index in [1.54, 1.807) is 0 Å². The van der Waals surface area contributed by atoms with Crippen LogP contribution in [-0.4, -0.2) is 0 Å². The number of hydrogen-bond acceptors (Lipinski definition) is 0. The molecule has 0 atom stereocenters. The van der Waals surface area contributed by atoms with Crippen LogP contribution in [0.1, 0.15) is 110 Å². The third kappa shape index (κ3) is 8.61. The Kier molecular flexibility index (Phi) is 10.6. The second-order valence-corrected chi connectivity index (χ2v) is 8.93. The third-order valence-electron chi connectivity index (χ3n) is 6.95. The lowest BCUT2D eigenvalue weighted by Gasteiger charge is -2.29. The van der Waals surface area contributed by atoms with E-state index in [1.165, 1.54) is 96.3 Å². The highest BCUT2D eigenvalue weighted by Crippen LogP contribution is 2.36. The van der Waals surface area contributed by atoms with Crippen LogP contribution in [0.5, 0.6) is 0 Å². The van der Waals surface area contributed by atoms with Gasteiger partial charge in [0.1, 0.15) is 0 Å². The highest BCUT2D eigenvalue weighted by atomic mass is 14.3. The second kappa shape index (κ2) is 12.8. The van der Waals surface area contributed by atoms with Crippen molar-refractivity contribution in [1.82, 2.24) is 0 Å². The van der Waals surface area contributed by atoms with Gasteiger partial charge < -0.3 is 0 Å². The topological polar surface area (TPSA) is 0 Å². The summed E-state index contributed by atoms with van der Waals surface area (Å²) in [5.41, 5.74) is 0. The van der Waals surface area contributed by atoms with Crippen LogP contribution >= 0.6 is 0 Å². The highest BCUT2D eigenvalue weighted by Gasteiger charge is 2.21. The summed E-state index contributed by atoms with van der Waals surface area (Å²) >= 11 is 0. The summed E-state index contributed by atoms with van der Waals surface area (Å²) in [5.74, 6) is 4.05. The van der Waals surface area contributed by atoms with E-state index in [0.717, 1.165) is 23.7 Å². The Morgan fingerprint density at radius 1 is 0.680 bits per heavy atom. The van der Waals surface area contributed by atoms with E-state index in [-0.39, 0.29) is 0 Å². The lowest BCUT2D eigenvalue weighted by Crippen LogP contribution is -2.15. The first-order chi connectivity index (χ1) is 12.3. The summed E-state index contributed by atoms with van der Waals surface area (Å²) in [4.78, 5) is 0. The van der Waals surface area contributed by atoms with Gasteiger partial charge in [0.25, 0.3) is 0 Å². The molecule has 0 amide bonds. The fourth-order valence-corrected chi connectivity index (χ4v) is 5.17. The number of allylic oxidation sites excluding steroid dienone is 4. The predicted octanol–water partition coefficient (Wildman–Crippen LogP) is 8.48. The van der Waals surface area contributed by atoms with E-state index in [0.29, 0.717) is 0 Å². The lowest BCUT2D eigenvalue weighted by molar-refractivity contribution is 0.243. The second-order valence-electron chi connectivity index (χ2n) is 8.93. The molecule has 2 aliphatic rings.